The molecule has 0 spiro atoms. The van der Waals surface area contributed by atoms with Gasteiger partial charge in [0.05, 0.1) is 0 Å². The fourth-order valence-electron chi connectivity index (χ4n) is 3.19. The Bertz CT molecular complexity index is 436. The molecule has 0 radical (unpaired) electrons. The standard InChI is InChI=1S/C17H30N4O.HI/c1-3-16(22)21-12-10-15(13-21)20-17(18-2)19-11-9-14-7-5-4-6-8-14;/h7,15H,3-6,8-13H2,1-2H3,(H2,18,19,20);1H. The van der Waals surface area contributed by atoms with Crippen LogP contribution in [0.25, 0.3) is 0 Å². The molecule has 1 heterocycles. The quantitative estimate of drug-likeness (QED) is 0.303. The minimum absolute atomic E-state index is 0. The van der Waals surface area contributed by atoms with Crippen LogP contribution in [0.1, 0.15) is 51.9 Å². The zero-order valence-corrected chi connectivity index (χ0v) is 16.8. The molecule has 1 amide bonds. The summed E-state index contributed by atoms with van der Waals surface area (Å²) < 4.78 is 0. The van der Waals surface area contributed by atoms with E-state index in [1.165, 1.54) is 25.7 Å². The molecule has 132 valence electrons. The number of guanidine groups is 1. The number of nitrogens with one attached hydrogen (secondary N) is 2. The lowest BCUT2D eigenvalue weighted by molar-refractivity contribution is -0.129. The third-order valence-electron chi connectivity index (χ3n) is 4.53. The third kappa shape index (κ3) is 6.69. The highest BCUT2D eigenvalue weighted by molar-refractivity contribution is 14.0. The van der Waals surface area contributed by atoms with Crippen molar-refractivity contribution in [1.82, 2.24) is 15.5 Å². The second kappa shape index (κ2) is 10.9. The molecular weight excluding hydrogens is 403 g/mol. The van der Waals surface area contributed by atoms with Crippen LogP contribution >= 0.6 is 24.0 Å². The second-order valence-corrected chi connectivity index (χ2v) is 6.18. The molecule has 0 aromatic rings. The highest BCUT2D eigenvalue weighted by Crippen LogP contribution is 2.19. The number of hydrogen-bond acceptors (Lipinski definition) is 2. The van der Waals surface area contributed by atoms with Crippen molar-refractivity contribution in [3.8, 4) is 0 Å². The van der Waals surface area contributed by atoms with E-state index in [2.05, 4.69) is 21.7 Å². The van der Waals surface area contributed by atoms with Gasteiger partial charge in [0.25, 0.3) is 0 Å². The van der Waals surface area contributed by atoms with Crippen LogP contribution in [-0.2, 0) is 4.79 Å². The third-order valence-corrected chi connectivity index (χ3v) is 4.53. The molecule has 1 saturated heterocycles. The van der Waals surface area contributed by atoms with Gasteiger partial charge < -0.3 is 15.5 Å². The van der Waals surface area contributed by atoms with E-state index in [1.807, 2.05) is 11.8 Å². The van der Waals surface area contributed by atoms with Crippen molar-refractivity contribution in [2.45, 2.75) is 57.9 Å². The first kappa shape index (κ1) is 20.3. The molecule has 1 atom stereocenters. The summed E-state index contributed by atoms with van der Waals surface area (Å²) in [6, 6.07) is 0.315. The van der Waals surface area contributed by atoms with Gasteiger partial charge in [-0.05, 0) is 38.5 Å². The molecule has 2 N–H and O–H groups in total. The number of carbonyl (C=O) groups excluding carboxylic acids is 1. The van der Waals surface area contributed by atoms with Gasteiger partial charge in [-0.3, -0.25) is 9.79 Å². The number of halogens is 1. The molecule has 1 aliphatic carbocycles. The predicted octanol–water partition coefficient (Wildman–Crippen LogP) is 2.67. The summed E-state index contributed by atoms with van der Waals surface area (Å²) in [4.78, 5) is 17.9. The van der Waals surface area contributed by atoms with Crippen molar-refractivity contribution >= 4 is 35.8 Å². The summed E-state index contributed by atoms with van der Waals surface area (Å²) in [6.07, 6.45) is 10.3. The van der Waals surface area contributed by atoms with Crippen LogP contribution in [0, 0.1) is 0 Å². The second-order valence-electron chi connectivity index (χ2n) is 6.18. The summed E-state index contributed by atoms with van der Waals surface area (Å²) in [5.74, 6) is 1.10. The SMILES string of the molecule is CCC(=O)N1CCC(NC(=NC)NCCC2=CCCCC2)C1.I. The number of nitrogens with zero attached hydrogens (tertiary/aromatic N) is 2. The zero-order chi connectivity index (χ0) is 15.8. The molecule has 1 unspecified atom stereocenters. The average molecular weight is 434 g/mol. The summed E-state index contributed by atoms with van der Waals surface area (Å²) in [6.45, 7) is 4.49. The number of likely N-dealkylation sites (tertiary alicyclic amines) is 1. The Labute approximate surface area is 157 Å². The molecule has 2 aliphatic rings. The first-order valence-corrected chi connectivity index (χ1v) is 8.65. The monoisotopic (exact) mass is 434 g/mol. The van der Waals surface area contributed by atoms with Gasteiger partial charge in [0.2, 0.25) is 5.91 Å². The Hall–Kier alpha value is -0.790. The Morgan fingerprint density at radius 2 is 2.26 bits per heavy atom. The van der Waals surface area contributed by atoms with E-state index in [0.717, 1.165) is 38.4 Å². The van der Waals surface area contributed by atoms with Gasteiger partial charge in [-0.1, -0.05) is 18.6 Å². The van der Waals surface area contributed by atoms with Gasteiger partial charge in [0.1, 0.15) is 0 Å². The van der Waals surface area contributed by atoms with Crippen molar-refractivity contribution in [2.24, 2.45) is 4.99 Å². The number of rotatable bonds is 5. The van der Waals surface area contributed by atoms with Crippen LogP contribution < -0.4 is 10.6 Å². The Morgan fingerprint density at radius 1 is 1.43 bits per heavy atom. The zero-order valence-electron chi connectivity index (χ0n) is 14.4. The van der Waals surface area contributed by atoms with Crippen LogP contribution in [-0.4, -0.2) is 49.5 Å². The van der Waals surface area contributed by atoms with Crippen LogP contribution in [0.15, 0.2) is 16.6 Å². The van der Waals surface area contributed by atoms with Gasteiger partial charge in [-0.25, -0.2) is 0 Å². The number of allylic oxidation sites excluding steroid dienone is 1. The van der Waals surface area contributed by atoms with E-state index in [-0.39, 0.29) is 29.9 Å². The maximum atomic E-state index is 11.7. The minimum Gasteiger partial charge on any atom is -0.356 e. The normalized spacial score (nSPS) is 21.5. The summed E-state index contributed by atoms with van der Waals surface area (Å²) in [5, 5.41) is 6.83. The highest BCUT2D eigenvalue weighted by atomic mass is 127. The Kier molecular flexibility index (Phi) is 9.59. The molecule has 5 nitrogen and oxygen atoms in total. The van der Waals surface area contributed by atoms with E-state index in [4.69, 9.17) is 0 Å². The lowest BCUT2D eigenvalue weighted by Crippen LogP contribution is -2.45. The summed E-state index contributed by atoms with van der Waals surface area (Å²) in [7, 11) is 1.80. The molecule has 2 rings (SSSR count). The number of aliphatic imine (C=N–C) groups is 1. The molecule has 0 saturated carbocycles. The predicted molar refractivity (Wildman–Crippen MR) is 106 cm³/mol. The number of hydrogen-bond donors (Lipinski definition) is 2. The molecule has 1 aliphatic heterocycles. The Balaban J connectivity index is 0.00000264. The molecule has 0 aromatic carbocycles. The molecule has 23 heavy (non-hydrogen) atoms. The summed E-state index contributed by atoms with van der Waals surface area (Å²) >= 11 is 0. The average Bonchev–Trinajstić information content (AvgIpc) is 3.02. The fourth-order valence-corrected chi connectivity index (χ4v) is 3.19. The largest absolute Gasteiger partial charge is 0.356 e. The van der Waals surface area contributed by atoms with Crippen molar-refractivity contribution in [2.75, 3.05) is 26.7 Å². The topological polar surface area (TPSA) is 56.7 Å². The van der Waals surface area contributed by atoms with E-state index in [1.54, 1.807) is 12.6 Å². The number of amides is 1. The van der Waals surface area contributed by atoms with Gasteiger partial charge in [0, 0.05) is 39.1 Å². The first-order valence-electron chi connectivity index (χ1n) is 8.65. The van der Waals surface area contributed by atoms with Crippen LogP contribution in [0.2, 0.25) is 0 Å². The van der Waals surface area contributed by atoms with Crippen molar-refractivity contribution in [3.05, 3.63) is 11.6 Å². The minimum atomic E-state index is 0. The fraction of sp³-hybridized carbons (Fsp3) is 0.765. The molecule has 6 heteroatoms. The van der Waals surface area contributed by atoms with Crippen LogP contribution in [0.4, 0.5) is 0 Å². The lowest BCUT2D eigenvalue weighted by atomic mass is 9.97. The van der Waals surface area contributed by atoms with Crippen molar-refractivity contribution in [1.29, 1.82) is 0 Å². The molecular formula is C17H31IN4O. The first-order chi connectivity index (χ1) is 10.7. The maximum Gasteiger partial charge on any atom is 0.222 e. The highest BCUT2D eigenvalue weighted by Gasteiger charge is 2.25. The van der Waals surface area contributed by atoms with E-state index in [9.17, 15) is 4.79 Å². The van der Waals surface area contributed by atoms with Gasteiger partial charge >= 0.3 is 0 Å². The number of carbonyl (C=O) groups is 1. The van der Waals surface area contributed by atoms with Gasteiger partial charge in [-0.2, -0.15) is 0 Å². The van der Waals surface area contributed by atoms with Gasteiger partial charge in [0.15, 0.2) is 5.96 Å². The van der Waals surface area contributed by atoms with Crippen molar-refractivity contribution in [3.63, 3.8) is 0 Å². The van der Waals surface area contributed by atoms with Crippen LogP contribution in [0.3, 0.4) is 0 Å². The van der Waals surface area contributed by atoms with E-state index >= 15 is 0 Å². The smallest absolute Gasteiger partial charge is 0.222 e. The van der Waals surface area contributed by atoms with E-state index in [0.29, 0.717) is 12.5 Å². The maximum absolute atomic E-state index is 11.7. The molecule has 0 aromatic heterocycles. The summed E-state index contributed by atoms with van der Waals surface area (Å²) in [5.41, 5.74) is 1.58. The van der Waals surface area contributed by atoms with E-state index < -0.39 is 0 Å². The Morgan fingerprint density at radius 3 is 2.91 bits per heavy atom. The lowest BCUT2D eigenvalue weighted by Gasteiger charge is -2.19. The molecule has 1 fully saturated rings. The molecule has 0 bridgehead atoms. The van der Waals surface area contributed by atoms with Crippen molar-refractivity contribution < 1.29 is 4.79 Å². The van der Waals surface area contributed by atoms with Crippen LogP contribution in [0.5, 0.6) is 0 Å². The van der Waals surface area contributed by atoms with Gasteiger partial charge in [-0.15, -0.1) is 24.0 Å².